The Balaban J connectivity index is 2.12. The SMILES string of the molecule is CCCCc1cc(C(C)CC)c2c(c1)C(c1ccc(C)c(C)c1)C(=O)O2. The third-order valence-electron chi connectivity index (χ3n) is 5.78. The fraction of sp³-hybridized carbons (Fsp3) is 0.458. The van der Waals surface area contributed by atoms with E-state index in [1.807, 2.05) is 0 Å². The van der Waals surface area contributed by atoms with Gasteiger partial charge in [-0.2, -0.15) is 0 Å². The molecule has 26 heavy (non-hydrogen) atoms. The van der Waals surface area contributed by atoms with Gasteiger partial charge in [-0.1, -0.05) is 57.5 Å². The minimum atomic E-state index is -0.298. The van der Waals surface area contributed by atoms with E-state index in [9.17, 15) is 4.79 Å². The van der Waals surface area contributed by atoms with Crippen LogP contribution in [0.1, 0.15) is 85.3 Å². The maximum absolute atomic E-state index is 12.8. The maximum Gasteiger partial charge on any atom is 0.323 e. The highest BCUT2D eigenvalue weighted by Crippen LogP contribution is 2.45. The molecule has 0 spiro atoms. The van der Waals surface area contributed by atoms with Gasteiger partial charge in [-0.15, -0.1) is 0 Å². The molecule has 0 saturated heterocycles. The predicted octanol–water partition coefficient (Wildman–Crippen LogP) is 6.21. The Kier molecular flexibility index (Phi) is 5.50. The van der Waals surface area contributed by atoms with Gasteiger partial charge in [-0.05, 0) is 66.8 Å². The molecule has 138 valence electrons. The number of hydrogen-bond donors (Lipinski definition) is 0. The van der Waals surface area contributed by atoms with E-state index in [-0.39, 0.29) is 11.9 Å². The molecule has 2 unspecified atom stereocenters. The third-order valence-corrected chi connectivity index (χ3v) is 5.78. The Morgan fingerprint density at radius 2 is 1.85 bits per heavy atom. The van der Waals surface area contributed by atoms with Crippen molar-refractivity contribution in [3.05, 3.63) is 63.7 Å². The minimum absolute atomic E-state index is 0.138. The Morgan fingerprint density at radius 3 is 2.50 bits per heavy atom. The summed E-state index contributed by atoms with van der Waals surface area (Å²) in [6.45, 7) is 10.8. The first-order valence-corrected chi connectivity index (χ1v) is 9.91. The molecule has 0 amide bonds. The fourth-order valence-corrected chi connectivity index (χ4v) is 3.73. The van der Waals surface area contributed by atoms with Crippen LogP contribution < -0.4 is 4.74 Å². The van der Waals surface area contributed by atoms with Crippen molar-refractivity contribution in [1.82, 2.24) is 0 Å². The van der Waals surface area contributed by atoms with Gasteiger partial charge in [0, 0.05) is 5.56 Å². The van der Waals surface area contributed by atoms with Crippen LogP contribution >= 0.6 is 0 Å². The maximum atomic E-state index is 12.8. The average Bonchev–Trinajstić information content (AvgIpc) is 2.96. The summed E-state index contributed by atoms with van der Waals surface area (Å²) < 4.78 is 5.82. The molecule has 2 aromatic rings. The molecule has 0 radical (unpaired) electrons. The van der Waals surface area contributed by atoms with Gasteiger partial charge in [-0.25, -0.2) is 0 Å². The van der Waals surface area contributed by atoms with Crippen LogP contribution in [0.3, 0.4) is 0 Å². The molecule has 2 aromatic carbocycles. The monoisotopic (exact) mass is 350 g/mol. The second kappa shape index (κ2) is 7.65. The number of carbonyl (C=O) groups excluding carboxylic acids is 1. The molecule has 0 fully saturated rings. The minimum Gasteiger partial charge on any atom is -0.425 e. The van der Waals surface area contributed by atoms with Crippen LogP contribution in [-0.2, 0) is 11.2 Å². The number of fused-ring (bicyclic) bond motifs is 1. The highest BCUT2D eigenvalue weighted by atomic mass is 16.5. The zero-order valence-corrected chi connectivity index (χ0v) is 16.7. The van der Waals surface area contributed by atoms with E-state index in [0.717, 1.165) is 29.7 Å². The lowest BCUT2D eigenvalue weighted by molar-refractivity contribution is -0.133. The average molecular weight is 351 g/mol. The van der Waals surface area contributed by atoms with E-state index < -0.39 is 0 Å². The van der Waals surface area contributed by atoms with Crippen LogP contribution in [-0.4, -0.2) is 5.97 Å². The molecule has 1 aliphatic rings. The Labute approximate surface area is 157 Å². The van der Waals surface area contributed by atoms with E-state index in [4.69, 9.17) is 4.74 Å². The zero-order valence-electron chi connectivity index (χ0n) is 16.7. The van der Waals surface area contributed by atoms with E-state index in [1.54, 1.807) is 0 Å². The summed E-state index contributed by atoms with van der Waals surface area (Å²) in [7, 11) is 0. The van der Waals surface area contributed by atoms with Gasteiger partial charge in [0.2, 0.25) is 0 Å². The molecule has 2 atom stereocenters. The van der Waals surface area contributed by atoms with Crippen molar-refractivity contribution in [2.45, 2.75) is 72.1 Å². The summed E-state index contributed by atoms with van der Waals surface area (Å²) in [5, 5.41) is 0. The fourth-order valence-electron chi connectivity index (χ4n) is 3.73. The van der Waals surface area contributed by atoms with Crippen LogP contribution in [0.5, 0.6) is 5.75 Å². The predicted molar refractivity (Wildman–Crippen MR) is 107 cm³/mol. The molecule has 2 nitrogen and oxygen atoms in total. The number of unbranched alkanes of at least 4 members (excludes halogenated alkanes) is 1. The molecule has 0 aromatic heterocycles. The number of ether oxygens (including phenoxy) is 1. The third kappa shape index (κ3) is 3.42. The summed E-state index contributed by atoms with van der Waals surface area (Å²) in [6.07, 6.45) is 4.43. The largest absolute Gasteiger partial charge is 0.425 e. The van der Waals surface area contributed by atoms with Gasteiger partial charge in [0.15, 0.2) is 0 Å². The van der Waals surface area contributed by atoms with E-state index in [2.05, 4.69) is 65.0 Å². The number of aryl methyl sites for hydroxylation is 3. The first-order valence-electron chi connectivity index (χ1n) is 9.91. The van der Waals surface area contributed by atoms with Crippen LogP contribution in [0, 0.1) is 13.8 Å². The number of benzene rings is 2. The Morgan fingerprint density at radius 1 is 1.08 bits per heavy atom. The molecule has 0 saturated carbocycles. The normalized spacial score (nSPS) is 17.1. The van der Waals surface area contributed by atoms with Gasteiger partial charge in [0.1, 0.15) is 11.7 Å². The Hall–Kier alpha value is -2.09. The van der Waals surface area contributed by atoms with Crippen molar-refractivity contribution in [3.63, 3.8) is 0 Å². The molecular formula is C24H30O2. The summed E-state index contributed by atoms with van der Waals surface area (Å²) >= 11 is 0. The van der Waals surface area contributed by atoms with Crippen molar-refractivity contribution in [1.29, 1.82) is 0 Å². The molecule has 0 N–H and O–H groups in total. The van der Waals surface area contributed by atoms with Crippen molar-refractivity contribution in [3.8, 4) is 5.75 Å². The molecule has 0 aliphatic carbocycles. The highest BCUT2D eigenvalue weighted by Gasteiger charge is 2.37. The van der Waals surface area contributed by atoms with Crippen LogP contribution in [0.2, 0.25) is 0 Å². The number of esters is 1. The first-order chi connectivity index (χ1) is 12.5. The van der Waals surface area contributed by atoms with Gasteiger partial charge in [-0.3, -0.25) is 4.79 Å². The molecule has 3 rings (SSSR count). The van der Waals surface area contributed by atoms with Crippen LogP contribution in [0.4, 0.5) is 0 Å². The number of hydrogen-bond acceptors (Lipinski definition) is 2. The summed E-state index contributed by atoms with van der Waals surface area (Å²) in [4.78, 5) is 12.8. The number of carbonyl (C=O) groups is 1. The lowest BCUT2D eigenvalue weighted by atomic mass is 9.85. The lowest BCUT2D eigenvalue weighted by Gasteiger charge is -2.16. The topological polar surface area (TPSA) is 26.3 Å². The van der Waals surface area contributed by atoms with Gasteiger partial charge < -0.3 is 4.74 Å². The van der Waals surface area contributed by atoms with Gasteiger partial charge in [0.25, 0.3) is 0 Å². The zero-order chi connectivity index (χ0) is 18.8. The van der Waals surface area contributed by atoms with Crippen molar-refractivity contribution in [2.75, 3.05) is 0 Å². The van der Waals surface area contributed by atoms with Crippen molar-refractivity contribution in [2.24, 2.45) is 0 Å². The quantitative estimate of drug-likeness (QED) is 0.457. The standard InChI is InChI=1S/C24H30O2/c1-6-8-9-18-13-20(15(3)7-2)23-21(14-18)22(24(25)26-23)19-11-10-16(4)17(5)12-19/h10-15,22H,6-9H2,1-5H3. The summed E-state index contributed by atoms with van der Waals surface area (Å²) in [6, 6.07) is 10.8. The van der Waals surface area contributed by atoms with Crippen molar-refractivity contribution >= 4 is 5.97 Å². The molecule has 1 aliphatic heterocycles. The van der Waals surface area contributed by atoms with Gasteiger partial charge >= 0.3 is 5.97 Å². The smallest absolute Gasteiger partial charge is 0.323 e. The first kappa shape index (κ1) is 18.7. The van der Waals surface area contributed by atoms with Crippen LogP contribution in [0.15, 0.2) is 30.3 Å². The second-order valence-corrected chi connectivity index (χ2v) is 7.71. The highest BCUT2D eigenvalue weighted by molar-refractivity contribution is 5.90. The van der Waals surface area contributed by atoms with E-state index >= 15 is 0 Å². The summed E-state index contributed by atoms with van der Waals surface area (Å²) in [5.74, 6) is 0.763. The molecule has 0 bridgehead atoms. The van der Waals surface area contributed by atoms with Gasteiger partial charge in [0.05, 0.1) is 0 Å². The molecule has 1 heterocycles. The van der Waals surface area contributed by atoms with E-state index in [0.29, 0.717) is 5.92 Å². The summed E-state index contributed by atoms with van der Waals surface area (Å²) in [5.41, 5.74) is 7.08. The Bertz CT molecular complexity index is 819. The van der Waals surface area contributed by atoms with Crippen molar-refractivity contribution < 1.29 is 9.53 Å². The van der Waals surface area contributed by atoms with E-state index in [1.165, 1.54) is 35.1 Å². The second-order valence-electron chi connectivity index (χ2n) is 7.71. The molecule has 2 heteroatoms. The van der Waals surface area contributed by atoms with Crippen LogP contribution in [0.25, 0.3) is 0 Å². The lowest BCUT2D eigenvalue weighted by Crippen LogP contribution is -2.11. The number of rotatable bonds is 6. The molecular weight excluding hydrogens is 320 g/mol.